The molecule has 0 aliphatic heterocycles. The lowest BCUT2D eigenvalue weighted by Crippen LogP contribution is -2.12. The molecule has 30 heavy (non-hydrogen) atoms. The third-order valence-corrected chi connectivity index (χ3v) is 4.89. The first-order chi connectivity index (χ1) is 14.5. The summed E-state index contributed by atoms with van der Waals surface area (Å²) in [5.74, 6) is -0.777. The summed E-state index contributed by atoms with van der Waals surface area (Å²) >= 11 is 0. The molecule has 3 rings (SSSR count). The van der Waals surface area contributed by atoms with Gasteiger partial charge in [-0.1, -0.05) is 55.8 Å². The molecule has 0 N–H and O–H groups in total. The van der Waals surface area contributed by atoms with Crippen LogP contribution in [0, 0.1) is 13.8 Å². The quantitative estimate of drug-likeness (QED) is 0.306. The van der Waals surface area contributed by atoms with Gasteiger partial charge in [-0.25, -0.2) is 9.48 Å². The zero-order chi connectivity index (χ0) is 21.5. The number of hydrogen-bond acceptors (Lipinski definition) is 4. The van der Waals surface area contributed by atoms with Crippen LogP contribution in [0.3, 0.4) is 0 Å². The van der Waals surface area contributed by atoms with E-state index in [9.17, 15) is 9.59 Å². The largest absolute Gasteiger partial charge is 0.454 e. The molecule has 0 atom stereocenters. The maximum Gasteiger partial charge on any atom is 0.331 e. The van der Waals surface area contributed by atoms with E-state index in [2.05, 4.69) is 12.0 Å². The number of carbonyl (C=O) groups excluding carboxylic acids is 2. The fourth-order valence-electron chi connectivity index (χ4n) is 3.28. The Morgan fingerprint density at radius 3 is 2.40 bits per heavy atom. The van der Waals surface area contributed by atoms with Crippen molar-refractivity contribution < 1.29 is 14.3 Å². The van der Waals surface area contributed by atoms with Gasteiger partial charge in [-0.05, 0) is 44.0 Å². The maximum absolute atomic E-state index is 12.2. The van der Waals surface area contributed by atoms with Gasteiger partial charge in [-0.3, -0.25) is 4.79 Å². The molecule has 0 aliphatic carbocycles. The molecule has 154 valence electrons. The number of aryl methyl sites for hydroxylation is 2. The monoisotopic (exact) mass is 402 g/mol. The summed E-state index contributed by atoms with van der Waals surface area (Å²) < 4.78 is 6.97. The molecular weight excluding hydrogens is 376 g/mol. The molecule has 0 spiro atoms. The Labute approximate surface area is 177 Å². The highest BCUT2D eigenvalue weighted by Crippen LogP contribution is 2.19. The summed E-state index contributed by atoms with van der Waals surface area (Å²) in [5.41, 5.74) is 5.28. The second-order valence-corrected chi connectivity index (χ2v) is 7.14. The standard InChI is InChI=1S/C25H26N2O3/c1-4-8-20-11-13-21(14-12-20)24(28)17-30-25(29)16-15-23-18(2)26-27(19(23)3)22-9-6-5-7-10-22/h5-7,9-16H,4,8,17H2,1-3H3/b16-15+. The molecule has 2 aromatic carbocycles. The number of para-hydroxylation sites is 1. The van der Waals surface area contributed by atoms with Gasteiger partial charge in [0, 0.05) is 22.9 Å². The van der Waals surface area contributed by atoms with E-state index in [1.165, 1.54) is 11.6 Å². The van der Waals surface area contributed by atoms with E-state index in [1.54, 1.807) is 18.2 Å². The first kappa shape index (κ1) is 21.2. The highest BCUT2D eigenvalue weighted by Gasteiger charge is 2.12. The average Bonchev–Trinajstić information content (AvgIpc) is 3.05. The normalized spacial score (nSPS) is 11.0. The number of nitrogens with zero attached hydrogens (tertiary/aromatic N) is 2. The van der Waals surface area contributed by atoms with Crippen molar-refractivity contribution in [1.82, 2.24) is 9.78 Å². The smallest absolute Gasteiger partial charge is 0.331 e. The molecule has 0 aliphatic rings. The molecule has 0 unspecified atom stereocenters. The zero-order valence-electron chi connectivity index (χ0n) is 17.6. The van der Waals surface area contributed by atoms with E-state index < -0.39 is 5.97 Å². The van der Waals surface area contributed by atoms with Crippen LogP contribution in [0.2, 0.25) is 0 Å². The highest BCUT2D eigenvalue weighted by atomic mass is 16.5. The molecule has 0 radical (unpaired) electrons. The molecule has 0 amide bonds. The van der Waals surface area contributed by atoms with Crippen molar-refractivity contribution in [2.24, 2.45) is 0 Å². The van der Waals surface area contributed by atoms with Crippen molar-refractivity contribution in [3.05, 3.63) is 88.8 Å². The van der Waals surface area contributed by atoms with Gasteiger partial charge < -0.3 is 4.74 Å². The van der Waals surface area contributed by atoms with E-state index >= 15 is 0 Å². The summed E-state index contributed by atoms with van der Waals surface area (Å²) in [6, 6.07) is 17.2. The number of ketones is 1. The topological polar surface area (TPSA) is 61.2 Å². The third kappa shape index (κ3) is 5.11. The molecule has 5 heteroatoms. The van der Waals surface area contributed by atoms with Crippen molar-refractivity contribution in [3.63, 3.8) is 0 Å². The highest BCUT2D eigenvalue weighted by molar-refractivity contribution is 5.99. The minimum Gasteiger partial charge on any atom is -0.454 e. The molecule has 1 aromatic heterocycles. The van der Waals surface area contributed by atoms with Crippen molar-refractivity contribution in [2.45, 2.75) is 33.6 Å². The molecule has 0 fully saturated rings. The van der Waals surface area contributed by atoms with Gasteiger partial charge in [0.05, 0.1) is 11.4 Å². The lowest BCUT2D eigenvalue weighted by molar-refractivity contribution is -0.136. The van der Waals surface area contributed by atoms with Crippen LogP contribution in [-0.4, -0.2) is 28.1 Å². The van der Waals surface area contributed by atoms with E-state index in [-0.39, 0.29) is 12.4 Å². The van der Waals surface area contributed by atoms with Gasteiger partial charge in [0.1, 0.15) is 0 Å². The fraction of sp³-hybridized carbons (Fsp3) is 0.240. The molecule has 0 bridgehead atoms. The van der Waals surface area contributed by atoms with Gasteiger partial charge in [0.25, 0.3) is 0 Å². The number of ether oxygens (including phenoxy) is 1. The van der Waals surface area contributed by atoms with Crippen LogP contribution in [0.5, 0.6) is 0 Å². The van der Waals surface area contributed by atoms with Gasteiger partial charge in [-0.2, -0.15) is 5.10 Å². The van der Waals surface area contributed by atoms with Crippen LogP contribution < -0.4 is 0 Å². The number of aromatic nitrogens is 2. The Hall–Kier alpha value is -3.47. The first-order valence-electron chi connectivity index (χ1n) is 10.1. The van der Waals surface area contributed by atoms with E-state index in [1.807, 2.05) is 61.0 Å². The Bertz CT molecular complexity index is 1050. The molecule has 0 saturated heterocycles. The van der Waals surface area contributed by atoms with Gasteiger partial charge >= 0.3 is 5.97 Å². The predicted octanol–water partition coefficient (Wildman–Crippen LogP) is 4.88. The van der Waals surface area contributed by atoms with Gasteiger partial charge in [0.15, 0.2) is 12.4 Å². The first-order valence-corrected chi connectivity index (χ1v) is 10.1. The molecular formula is C25H26N2O3. The Kier molecular flexibility index (Phi) is 6.96. The van der Waals surface area contributed by atoms with Crippen molar-refractivity contribution in [3.8, 4) is 5.69 Å². The molecule has 1 heterocycles. The molecule has 0 saturated carbocycles. The van der Waals surface area contributed by atoms with Crippen LogP contribution in [0.4, 0.5) is 0 Å². The molecule has 3 aromatic rings. The maximum atomic E-state index is 12.2. The summed E-state index contributed by atoms with van der Waals surface area (Å²) in [6.07, 6.45) is 5.06. The van der Waals surface area contributed by atoms with Crippen LogP contribution in [0.25, 0.3) is 11.8 Å². The SMILES string of the molecule is CCCc1ccc(C(=O)COC(=O)/C=C/c2c(C)nn(-c3ccccc3)c2C)cc1. The Balaban J connectivity index is 1.61. The predicted molar refractivity (Wildman–Crippen MR) is 118 cm³/mol. The summed E-state index contributed by atoms with van der Waals surface area (Å²) in [7, 11) is 0. The van der Waals surface area contributed by atoms with Crippen molar-refractivity contribution in [2.75, 3.05) is 6.61 Å². The Morgan fingerprint density at radius 1 is 1.03 bits per heavy atom. The van der Waals surface area contributed by atoms with Crippen LogP contribution in [-0.2, 0) is 16.0 Å². The zero-order valence-corrected chi connectivity index (χ0v) is 17.6. The summed E-state index contributed by atoms with van der Waals surface area (Å²) in [4.78, 5) is 24.3. The van der Waals surface area contributed by atoms with Crippen molar-refractivity contribution >= 4 is 17.8 Å². The lowest BCUT2D eigenvalue weighted by atomic mass is 10.1. The second-order valence-electron chi connectivity index (χ2n) is 7.14. The minimum atomic E-state index is -0.558. The number of rotatable bonds is 8. The van der Waals surface area contributed by atoms with E-state index in [0.29, 0.717) is 5.56 Å². The second kappa shape index (κ2) is 9.83. The Morgan fingerprint density at radius 2 is 1.73 bits per heavy atom. The fourth-order valence-corrected chi connectivity index (χ4v) is 3.28. The average molecular weight is 402 g/mol. The van der Waals surface area contributed by atoms with E-state index in [0.717, 1.165) is 35.5 Å². The number of benzene rings is 2. The van der Waals surface area contributed by atoms with Crippen LogP contribution in [0.15, 0.2) is 60.7 Å². The van der Waals surface area contributed by atoms with Crippen LogP contribution in [0.1, 0.15) is 46.2 Å². The van der Waals surface area contributed by atoms with E-state index in [4.69, 9.17) is 4.74 Å². The number of carbonyl (C=O) groups is 2. The summed E-state index contributed by atoms with van der Waals surface area (Å²) in [6.45, 7) is 5.67. The minimum absolute atomic E-state index is 0.218. The lowest BCUT2D eigenvalue weighted by Gasteiger charge is -2.04. The van der Waals surface area contributed by atoms with Gasteiger partial charge in [0.2, 0.25) is 0 Å². The van der Waals surface area contributed by atoms with Crippen molar-refractivity contribution in [1.29, 1.82) is 0 Å². The number of esters is 1. The molecule has 5 nitrogen and oxygen atoms in total. The third-order valence-electron chi connectivity index (χ3n) is 4.89. The number of hydrogen-bond donors (Lipinski definition) is 0. The van der Waals surface area contributed by atoms with Gasteiger partial charge in [-0.15, -0.1) is 0 Å². The van der Waals surface area contributed by atoms with Crippen LogP contribution >= 0.6 is 0 Å². The summed E-state index contributed by atoms with van der Waals surface area (Å²) in [5, 5.41) is 4.55. The number of Topliss-reactive ketones (excluding diaryl/α,β-unsaturated/α-hetero) is 1.